The lowest BCUT2D eigenvalue weighted by Crippen LogP contribution is -2.26. The van der Waals surface area contributed by atoms with Crippen molar-refractivity contribution in [2.24, 2.45) is 0 Å². The van der Waals surface area contributed by atoms with Gasteiger partial charge < -0.3 is 4.74 Å². The van der Waals surface area contributed by atoms with Crippen LogP contribution in [0, 0.1) is 0 Å². The van der Waals surface area contributed by atoms with Gasteiger partial charge in [0.2, 0.25) is 5.91 Å². The number of benzene rings is 1. The normalized spacial score (nSPS) is 10.0. The lowest BCUT2D eigenvalue weighted by molar-refractivity contribution is -0.167. The maximum Gasteiger partial charge on any atom is 0.250 e. The number of halogens is 1. The van der Waals surface area contributed by atoms with E-state index in [0.29, 0.717) is 10.8 Å². The number of rotatable bonds is 4. The quantitative estimate of drug-likeness (QED) is 0.759. The number of hydrogen-bond donors (Lipinski definition) is 0. The van der Waals surface area contributed by atoms with Crippen LogP contribution >= 0.6 is 11.6 Å². The van der Waals surface area contributed by atoms with Crippen LogP contribution in [0.5, 0.6) is 5.75 Å². The van der Waals surface area contributed by atoms with E-state index >= 15 is 0 Å². The Morgan fingerprint density at radius 1 is 1.44 bits per heavy atom. The molecule has 88 valence electrons. The van der Waals surface area contributed by atoms with Crippen LogP contribution in [0.4, 0.5) is 0 Å². The van der Waals surface area contributed by atoms with Gasteiger partial charge in [-0.3, -0.25) is 9.63 Å². The second kappa shape index (κ2) is 5.72. The average Bonchev–Trinajstić information content (AvgIpc) is 2.28. The molecule has 16 heavy (non-hydrogen) atoms. The van der Waals surface area contributed by atoms with Crippen LogP contribution in [0.2, 0.25) is 5.02 Å². The van der Waals surface area contributed by atoms with Crippen molar-refractivity contribution in [3.8, 4) is 5.75 Å². The summed E-state index contributed by atoms with van der Waals surface area (Å²) >= 11 is 5.95. The van der Waals surface area contributed by atoms with Crippen LogP contribution in [0.3, 0.4) is 0 Å². The summed E-state index contributed by atoms with van der Waals surface area (Å²) in [5.74, 6) is 0.460. The summed E-state index contributed by atoms with van der Waals surface area (Å²) in [6.45, 7) is 0. The van der Waals surface area contributed by atoms with Gasteiger partial charge in [-0.1, -0.05) is 17.7 Å². The van der Waals surface area contributed by atoms with E-state index in [4.69, 9.17) is 21.2 Å². The van der Waals surface area contributed by atoms with Crippen molar-refractivity contribution in [1.29, 1.82) is 0 Å². The van der Waals surface area contributed by atoms with Crippen LogP contribution in [0.25, 0.3) is 0 Å². The van der Waals surface area contributed by atoms with Crippen molar-refractivity contribution in [3.63, 3.8) is 0 Å². The topological polar surface area (TPSA) is 38.8 Å². The van der Waals surface area contributed by atoms with E-state index in [2.05, 4.69) is 0 Å². The molecule has 0 bridgehead atoms. The fraction of sp³-hybridized carbons (Fsp3) is 0.364. The summed E-state index contributed by atoms with van der Waals surface area (Å²) in [5.41, 5.74) is 0.819. The van der Waals surface area contributed by atoms with Gasteiger partial charge in [-0.05, 0) is 17.7 Å². The Kier molecular flexibility index (Phi) is 4.58. The number of carbonyl (C=O) groups excluding carboxylic acids is 1. The minimum Gasteiger partial charge on any atom is -0.495 e. The molecule has 0 atom stereocenters. The van der Waals surface area contributed by atoms with E-state index in [-0.39, 0.29) is 12.3 Å². The zero-order valence-corrected chi connectivity index (χ0v) is 10.2. The first-order chi connectivity index (χ1) is 7.58. The van der Waals surface area contributed by atoms with E-state index in [1.54, 1.807) is 32.4 Å². The Balaban J connectivity index is 2.75. The number of amides is 1. The van der Waals surface area contributed by atoms with Gasteiger partial charge in [0.25, 0.3) is 0 Å². The van der Waals surface area contributed by atoms with Crippen LogP contribution < -0.4 is 4.74 Å². The molecule has 5 heteroatoms. The largest absolute Gasteiger partial charge is 0.495 e. The highest BCUT2D eigenvalue weighted by atomic mass is 35.5. The summed E-state index contributed by atoms with van der Waals surface area (Å²) < 4.78 is 5.02. The second-order valence-corrected chi connectivity index (χ2v) is 3.63. The monoisotopic (exact) mass is 243 g/mol. The van der Waals surface area contributed by atoms with E-state index in [9.17, 15) is 4.79 Å². The second-order valence-electron chi connectivity index (χ2n) is 3.22. The van der Waals surface area contributed by atoms with E-state index in [1.807, 2.05) is 0 Å². The van der Waals surface area contributed by atoms with E-state index in [0.717, 1.165) is 5.56 Å². The summed E-state index contributed by atoms with van der Waals surface area (Å²) in [7, 11) is 4.55. The first kappa shape index (κ1) is 12.8. The molecule has 0 fully saturated rings. The zero-order chi connectivity index (χ0) is 12.1. The van der Waals surface area contributed by atoms with Crippen LogP contribution in [-0.4, -0.2) is 32.2 Å². The molecule has 1 amide bonds. The first-order valence-corrected chi connectivity index (χ1v) is 5.09. The SMILES string of the molecule is COc1ccc(CC(=O)N(C)OC)cc1Cl. The Morgan fingerprint density at radius 2 is 2.12 bits per heavy atom. The highest BCUT2D eigenvalue weighted by molar-refractivity contribution is 6.32. The maximum absolute atomic E-state index is 11.5. The molecule has 0 spiro atoms. The molecular formula is C11H14ClNO3. The van der Waals surface area contributed by atoms with Gasteiger partial charge in [-0.2, -0.15) is 0 Å². The smallest absolute Gasteiger partial charge is 0.250 e. The molecule has 0 aliphatic carbocycles. The zero-order valence-electron chi connectivity index (χ0n) is 9.49. The van der Waals surface area contributed by atoms with Crippen molar-refractivity contribution < 1.29 is 14.4 Å². The molecular weight excluding hydrogens is 230 g/mol. The van der Waals surface area contributed by atoms with Gasteiger partial charge in [0, 0.05) is 7.05 Å². The molecule has 4 nitrogen and oxygen atoms in total. The number of ether oxygens (including phenoxy) is 1. The average molecular weight is 244 g/mol. The third-order valence-electron chi connectivity index (χ3n) is 2.20. The van der Waals surface area contributed by atoms with E-state index < -0.39 is 0 Å². The van der Waals surface area contributed by atoms with Gasteiger partial charge in [0.1, 0.15) is 5.75 Å². The van der Waals surface area contributed by atoms with Gasteiger partial charge in [-0.15, -0.1) is 0 Å². The highest BCUT2D eigenvalue weighted by Crippen LogP contribution is 2.25. The molecule has 0 heterocycles. The van der Waals surface area contributed by atoms with Crippen molar-refractivity contribution in [3.05, 3.63) is 28.8 Å². The molecule has 0 saturated carbocycles. The Hall–Kier alpha value is -1.26. The molecule has 1 rings (SSSR count). The van der Waals surface area contributed by atoms with Crippen LogP contribution in [-0.2, 0) is 16.1 Å². The molecule has 0 unspecified atom stereocenters. The number of nitrogens with zero attached hydrogens (tertiary/aromatic N) is 1. The Bertz CT molecular complexity index is 381. The minimum absolute atomic E-state index is 0.135. The fourth-order valence-electron chi connectivity index (χ4n) is 1.21. The fourth-order valence-corrected chi connectivity index (χ4v) is 1.49. The molecule has 0 aromatic heterocycles. The standard InChI is InChI=1S/C11H14ClNO3/c1-13(16-3)11(14)7-8-4-5-10(15-2)9(12)6-8/h4-6H,7H2,1-3H3. The molecule has 0 radical (unpaired) electrons. The van der Waals surface area contributed by atoms with Crippen molar-refractivity contribution in [2.45, 2.75) is 6.42 Å². The Morgan fingerprint density at radius 3 is 2.62 bits per heavy atom. The van der Waals surface area contributed by atoms with Crippen molar-refractivity contribution in [2.75, 3.05) is 21.3 Å². The van der Waals surface area contributed by atoms with Crippen molar-refractivity contribution >= 4 is 17.5 Å². The molecule has 0 aliphatic rings. The van der Waals surface area contributed by atoms with Crippen molar-refractivity contribution in [1.82, 2.24) is 5.06 Å². The Labute approximate surface area is 99.7 Å². The minimum atomic E-state index is -0.135. The summed E-state index contributed by atoms with van der Waals surface area (Å²) in [6, 6.07) is 5.24. The highest BCUT2D eigenvalue weighted by Gasteiger charge is 2.10. The third-order valence-corrected chi connectivity index (χ3v) is 2.49. The van der Waals surface area contributed by atoms with Gasteiger partial charge in [0.05, 0.1) is 25.7 Å². The predicted octanol–water partition coefficient (Wildman–Crippen LogP) is 1.91. The van der Waals surface area contributed by atoms with Gasteiger partial charge in [0.15, 0.2) is 0 Å². The molecule has 0 N–H and O–H groups in total. The summed E-state index contributed by atoms with van der Waals surface area (Å²) in [4.78, 5) is 16.3. The number of methoxy groups -OCH3 is 1. The molecule has 1 aromatic carbocycles. The lowest BCUT2D eigenvalue weighted by atomic mass is 10.1. The maximum atomic E-state index is 11.5. The summed E-state index contributed by atoms with van der Waals surface area (Å²) in [6.07, 6.45) is 0.244. The van der Waals surface area contributed by atoms with Crippen LogP contribution in [0.1, 0.15) is 5.56 Å². The van der Waals surface area contributed by atoms with E-state index in [1.165, 1.54) is 12.2 Å². The van der Waals surface area contributed by atoms with Gasteiger partial charge in [-0.25, -0.2) is 5.06 Å². The third kappa shape index (κ3) is 3.12. The summed E-state index contributed by atoms with van der Waals surface area (Å²) in [5, 5.41) is 1.67. The van der Waals surface area contributed by atoms with Gasteiger partial charge >= 0.3 is 0 Å². The first-order valence-electron chi connectivity index (χ1n) is 4.71. The number of carbonyl (C=O) groups is 1. The number of hydroxylamine groups is 2. The molecule has 0 aliphatic heterocycles. The predicted molar refractivity (Wildman–Crippen MR) is 61.5 cm³/mol. The number of likely N-dealkylation sites (N-methyl/N-ethyl adjacent to an activating group) is 1. The lowest BCUT2D eigenvalue weighted by Gasteiger charge is -2.13. The molecule has 1 aromatic rings. The number of hydrogen-bond acceptors (Lipinski definition) is 3. The van der Waals surface area contributed by atoms with Crippen LogP contribution in [0.15, 0.2) is 18.2 Å². The molecule has 0 saturated heterocycles.